The molecule has 1 amide bonds. The topological polar surface area (TPSA) is 84.9 Å². The van der Waals surface area contributed by atoms with E-state index >= 15 is 0 Å². The lowest BCUT2D eigenvalue weighted by atomic mass is 10.2. The molecule has 0 saturated heterocycles. The fourth-order valence-corrected chi connectivity index (χ4v) is 3.27. The Bertz CT molecular complexity index is 927. The number of sulfonamides is 1. The molecule has 0 fully saturated rings. The minimum atomic E-state index is -3.68. The SMILES string of the molecule is CNS(=O)(=O)c1cc(/C=C/C(=O)N(C)CCOc2ccccc2)ccc1OC. The van der Waals surface area contributed by atoms with E-state index < -0.39 is 10.0 Å². The second-order valence-corrected chi connectivity index (χ2v) is 7.73. The Morgan fingerprint density at radius 1 is 1.18 bits per heavy atom. The molecule has 0 aliphatic heterocycles. The van der Waals surface area contributed by atoms with Crippen LogP contribution >= 0.6 is 0 Å². The molecule has 0 aromatic heterocycles. The van der Waals surface area contributed by atoms with Crippen LogP contribution in [0, 0.1) is 0 Å². The predicted octanol–water partition coefficient (Wildman–Crippen LogP) is 2.15. The lowest BCUT2D eigenvalue weighted by Gasteiger charge is -2.15. The van der Waals surface area contributed by atoms with Crippen molar-refractivity contribution < 1.29 is 22.7 Å². The summed E-state index contributed by atoms with van der Waals surface area (Å²) in [5.74, 6) is 0.758. The van der Waals surface area contributed by atoms with Gasteiger partial charge in [-0.05, 0) is 43.0 Å². The zero-order valence-corrected chi connectivity index (χ0v) is 16.9. The summed E-state index contributed by atoms with van der Waals surface area (Å²) >= 11 is 0. The Morgan fingerprint density at radius 2 is 1.89 bits per heavy atom. The van der Waals surface area contributed by atoms with Gasteiger partial charge in [0.2, 0.25) is 15.9 Å². The van der Waals surface area contributed by atoms with Crippen LogP contribution < -0.4 is 14.2 Å². The van der Waals surface area contributed by atoms with Crippen LogP contribution in [0.5, 0.6) is 11.5 Å². The third-order valence-electron chi connectivity index (χ3n) is 3.98. The number of carbonyl (C=O) groups is 1. The molecule has 0 saturated carbocycles. The summed E-state index contributed by atoms with van der Waals surface area (Å²) in [7, 11) is 0.720. The molecular weight excluding hydrogens is 380 g/mol. The van der Waals surface area contributed by atoms with Gasteiger partial charge in [0.05, 0.1) is 13.7 Å². The summed E-state index contributed by atoms with van der Waals surface area (Å²) in [4.78, 5) is 13.8. The summed E-state index contributed by atoms with van der Waals surface area (Å²) in [6.45, 7) is 0.785. The molecule has 0 radical (unpaired) electrons. The first-order valence-corrected chi connectivity index (χ1v) is 10.1. The zero-order valence-electron chi connectivity index (χ0n) is 16.1. The molecule has 2 aromatic carbocycles. The Balaban J connectivity index is 2.00. The van der Waals surface area contributed by atoms with E-state index in [1.807, 2.05) is 30.3 Å². The summed E-state index contributed by atoms with van der Waals surface area (Å²) in [6, 6.07) is 14.0. The molecule has 2 rings (SSSR count). The van der Waals surface area contributed by atoms with Crippen molar-refractivity contribution in [1.82, 2.24) is 9.62 Å². The van der Waals surface area contributed by atoms with Crippen LogP contribution in [0.4, 0.5) is 0 Å². The molecule has 28 heavy (non-hydrogen) atoms. The summed E-state index contributed by atoms with van der Waals surface area (Å²) < 4.78 is 37.2. The van der Waals surface area contributed by atoms with E-state index in [1.165, 1.54) is 31.2 Å². The molecule has 0 atom stereocenters. The van der Waals surface area contributed by atoms with Gasteiger partial charge in [0.1, 0.15) is 23.0 Å². The largest absolute Gasteiger partial charge is 0.495 e. The molecule has 150 valence electrons. The van der Waals surface area contributed by atoms with E-state index in [1.54, 1.807) is 25.3 Å². The first-order chi connectivity index (χ1) is 13.4. The van der Waals surface area contributed by atoms with Gasteiger partial charge in [-0.15, -0.1) is 0 Å². The third-order valence-corrected chi connectivity index (χ3v) is 5.41. The van der Waals surface area contributed by atoms with Gasteiger partial charge in [-0.1, -0.05) is 24.3 Å². The van der Waals surface area contributed by atoms with Crippen LogP contribution in [-0.2, 0) is 14.8 Å². The van der Waals surface area contributed by atoms with Gasteiger partial charge in [0.25, 0.3) is 0 Å². The monoisotopic (exact) mass is 404 g/mol. The number of methoxy groups -OCH3 is 1. The molecule has 0 spiro atoms. The van der Waals surface area contributed by atoms with Gasteiger partial charge < -0.3 is 14.4 Å². The normalized spacial score (nSPS) is 11.4. The van der Waals surface area contributed by atoms with Crippen molar-refractivity contribution in [2.45, 2.75) is 4.90 Å². The van der Waals surface area contributed by atoms with Gasteiger partial charge in [0.15, 0.2) is 0 Å². The number of nitrogens with one attached hydrogen (secondary N) is 1. The Hall–Kier alpha value is -2.84. The zero-order chi connectivity index (χ0) is 20.6. The highest BCUT2D eigenvalue weighted by atomic mass is 32.2. The number of ether oxygens (including phenoxy) is 2. The van der Waals surface area contributed by atoms with Crippen LogP contribution in [0.3, 0.4) is 0 Å². The number of likely N-dealkylation sites (N-methyl/N-ethyl adjacent to an activating group) is 1. The van der Waals surface area contributed by atoms with Gasteiger partial charge in [-0.2, -0.15) is 0 Å². The van der Waals surface area contributed by atoms with Crippen LogP contribution in [0.1, 0.15) is 5.56 Å². The van der Waals surface area contributed by atoms with E-state index in [4.69, 9.17) is 9.47 Å². The van der Waals surface area contributed by atoms with Crippen molar-refractivity contribution in [3.63, 3.8) is 0 Å². The summed E-state index contributed by atoms with van der Waals surface area (Å²) in [5, 5.41) is 0. The molecular formula is C20H24N2O5S. The Morgan fingerprint density at radius 3 is 2.54 bits per heavy atom. The van der Waals surface area contributed by atoms with E-state index in [0.29, 0.717) is 18.7 Å². The standard InChI is InChI=1S/C20H24N2O5S/c1-21-28(24,25)19-15-16(9-11-18(19)26-3)10-12-20(23)22(2)13-14-27-17-7-5-4-6-8-17/h4-12,15,21H,13-14H2,1-3H3/b12-10+. The van der Waals surface area contributed by atoms with Crippen LogP contribution in [0.15, 0.2) is 59.5 Å². The number of amides is 1. The molecule has 1 N–H and O–H groups in total. The van der Waals surface area contributed by atoms with Crippen LogP contribution in [0.2, 0.25) is 0 Å². The molecule has 7 nitrogen and oxygen atoms in total. The number of hydrogen-bond donors (Lipinski definition) is 1. The van der Waals surface area contributed by atoms with Crippen molar-refractivity contribution in [2.24, 2.45) is 0 Å². The number of para-hydroxylation sites is 1. The van der Waals surface area contributed by atoms with E-state index in [9.17, 15) is 13.2 Å². The highest BCUT2D eigenvalue weighted by molar-refractivity contribution is 7.89. The minimum Gasteiger partial charge on any atom is -0.495 e. The van der Waals surface area contributed by atoms with E-state index in [0.717, 1.165) is 5.75 Å². The number of nitrogens with zero attached hydrogens (tertiary/aromatic N) is 1. The minimum absolute atomic E-state index is 0.0108. The second kappa shape index (κ2) is 9.91. The van der Waals surface area contributed by atoms with Gasteiger partial charge in [-0.25, -0.2) is 13.1 Å². The van der Waals surface area contributed by atoms with Crippen LogP contribution in [0.25, 0.3) is 6.08 Å². The van der Waals surface area contributed by atoms with Crippen LogP contribution in [-0.4, -0.2) is 53.6 Å². The van der Waals surface area contributed by atoms with Crippen molar-refractivity contribution >= 4 is 22.0 Å². The van der Waals surface area contributed by atoms with Crippen molar-refractivity contribution in [1.29, 1.82) is 0 Å². The van der Waals surface area contributed by atoms with Crippen molar-refractivity contribution in [3.05, 3.63) is 60.2 Å². The highest BCUT2D eigenvalue weighted by Gasteiger charge is 2.17. The first kappa shape index (κ1) is 21.5. The molecule has 0 aliphatic carbocycles. The third kappa shape index (κ3) is 5.83. The smallest absolute Gasteiger partial charge is 0.246 e. The summed E-state index contributed by atoms with van der Waals surface area (Å²) in [6.07, 6.45) is 2.95. The number of carbonyl (C=O) groups excluding carboxylic acids is 1. The summed E-state index contributed by atoms with van der Waals surface area (Å²) in [5.41, 5.74) is 0.567. The maximum absolute atomic E-state index is 12.2. The fraction of sp³-hybridized carbons (Fsp3) is 0.250. The van der Waals surface area contributed by atoms with Gasteiger partial charge >= 0.3 is 0 Å². The number of benzene rings is 2. The maximum Gasteiger partial charge on any atom is 0.246 e. The Kier molecular flexibility index (Phi) is 7.60. The van der Waals surface area contributed by atoms with Crippen molar-refractivity contribution in [2.75, 3.05) is 34.4 Å². The van der Waals surface area contributed by atoms with Gasteiger partial charge in [0, 0.05) is 13.1 Å². The highest BCUT2D eigenvalue weighted by Crippen LogP contribution is 2.25. The molecule has 2 aromatic rings. The average Bonchev–Trinajstić information content (AvgIpc) is 2.72. The maximum atomic E-state index is 12.2. The van der Waals surface area contributed by atoms with E-state index in [2.05, 4.69) is 4.72 Å². The molecule has 0 unspecified atom stereocenters. The van der Waals surface area contributed by atoms with E-state index in [-0.39, 0.29) is 16.6 Å². The van der Waals surface area contributed by atoms with Crippen molar-refractivity contribution in [3.8, 4) is 11.5 Å². The quantitative estimate of drug-likeness (QED) is 0.648. The molecule has 0 aliphatic rings. The number of hydrogen-bond acceptors (Lipinski definition) is 5. The molecule has 8 heteroatoms. The average molecular weight is 404 g/mol. The fourth-order valence-electron chi connectivity index (χ4n) is 2.34. The molecule has 0 bridgehead atoms. The second-order valence-electron chi connectivity index (χ2n) is 5.87. The predicted molar refractivity (Wildman–Crippen MR) is 108 cm³/mol. The first-order valence-electron chi connectivity index (χ1n) is 8.60. The molecule has 0 heterocycles. The number of rotatable bonds is 9. The Labute approximate surface area is 165 Å². The lowest BCUT2D eigenvalue weighted by Crippen LogP contribution is -2.29. The van der Waals surface area contributed by atoms with Gasteiger partial charge in [-0.3, -0.25) is 4.79 Å². The lowest BCUT2D eigenvalue weighted by molar-refractivity contribution is -0.125.